The van der Waals surface area contributed by atoms with E-state index >= 15 is 0 Å². The number of anilines is 1. The van der Waals surface area contributed by atoms with Crippen LogP contribution in [0, 0.1) is 13.8 Å². The van der Waals surface area contributed by atoms with Crippen molar-refractivity contribution >= 4 is 17.5 Å². The van der Waals surface area contributed by atoms with E-state index in [1.54, 1.807) is 0 Å². The van der Waals surface area contributed by atoms with Gasteiger partial charge < -0.3 is 10.6 Å². The van der Waals surface area contributed by atoms with Gasteiger partial charge in [0, 0.05) is 11.2 Å². The number of hydrogen-bond acceptors (Lipinski definition) is 2. The van der Waals surface area contributed by atoms with E-state index in [9.17, 15) is 9.59 Å². The highest BCUT2D eigenvalue weighted by atomic mass is 16.2. The van der Waals surface area contributed by atoms with Crippen LogP contribution in [-0.2, 0) is 9.59 Å². The Kier molecular flexibility index (Phi) is 4.11. The van der Waals surface area contributed by atoms with Gasteiger partial charge in [-0.25, -0.2) is 0 Å². The molecule has 2 N–H and O–H groups in total. The van der Waals surface area contributed by atoms with Gasteiger partial charge in [-0.05, 0) is 45.7 Å². The van der Waals surface area contributed by atoms with Crippen molar-refractivity contribution in [2.24, 2.45) is 0 Å². The Bertz CT molecular complexity index is 453. The maximum absolute atomic E-state index is 11.8. The molecule has 0 saturated carbocycles. The zero-order valence-corrected chi connectivity index (χ0v) is 11.5. The van der Waals surface area contributed by atoms with Gasteiger partial charge in [-0.3, -0.25) is 9.59 Å². The van der Waals surface area contributed by atoms with Gasteiger partial charge in [0.1, 0.15) is 0 Å². The van der Waals surface area contributed by atoms with Crippen LogP contribution in [-0.4, -0.2) is 17.4 Å². The van der Waals surface area contributed by atoms with Crippen LogP contribution in [0.1, 0.15) is 31.9 Å². The summed E-state index contributed by atoms with van der Waals surface area (Å²) >= 11 is 0. The molecule has 0 radical (unpaired) electrons. The summed E-state index contributed by atoms with van der Waals surface area (Å²) in [6.45, 7) is 9.28. The molecule has 1 rings (SSSR count). The van der Waals surface area contributed by atoms with Crippen LogP contribution in [0.2, 0.25) is 0 Å². The fraction of sp³-hybridized carbons (Fsp3) is 0.429. The van der Waals surface area contributed by atoms with Crippen LogP contribution in [0.25, 0.3) is 0 Å². The fourth-order valence-corrected chi connectivity index (χ4v) is 1.58. The number of rotatable bonds is 1. The first kappa shape index (κ1) is 14.2. The topological polar surface area (TPSA) is 58.2 Å². The van der Waals surface area contributed by atoms with Crippen LogP contribution in [0.3, 0.4) is 0 Å². The van der Waals surface area contributed by atoms with Gasteiger partial charge in [-0.1, -0.05) is 18.2 Å². The van der Waals surface area contributed by atoms with Gasteiger partial charge in [0.2, 0.25) is 0 Å². The monoisotopic (exact) mass is 248 g/mol. The molecule has 4 heteroatoms. The van der Waals surface area contributed by atoms with Crippen LogP contribution >= 0.6 is 0 Å². The minimum Gasteiger partial charge on any atom is -0.343 e. The van der Waals surface area contributed by atoms with Crippen molar-refractivity contribution in [1.29, 1.82) is 0 Å². The van der Waals surface area contributed by atoms with Gasteiger partial charge in [-0.2, -0.15) is 0 Å². The lowest BCUT2D eigenvalue weighted by Gasteiger charge is -2.20. The molecule has 18 heavy (non-hydrogen) atoms. The number of benzene rings is 1. The SMILES string of the molecule is Cc1cccc(C)c1NC(=O)C(=O)NC(C)(C)C. The fourth-order valence-electron chi connectivity index (χ4n) is 1.58. The Balaban J connectivity index is 2.80. The minimum atomic E-state index is -0.637. The second-order valence-electron chi connectivity index (χ2n) is 5.43. The molecule has 0 fully saturated rings. The summed E-state index contributed by atoms with van der Waals surface area (Å²) in [6, 6.07) is 5.70. The second-order valence-corrected chi connectivity index (χ2v) is 5.43. The van der Waals surface area contributed by atoms with E-state index in [0.29, 0.717) is 5.69 Å². The lowest BCUT2D eigenvalue weighted by atomic mass is 10.1. The van der Waals surface area contributed by atoms with Crippen LogP contribution in [0.15, 0.2) is 18.2 Å². The van der Waals surface area contributed by atoms with E-state index in [1.165, 1.54) is 0 Å². The van der Waals surface area contributed by atoms with E-state index in [1.807, 2.05) is 52.8 Å². The maximum Gasteiger partial charge on any atom is 0.313 e. The highest BCUT2D eigenvalue weighted by Gasteiger charge is 2.20. The Morgan fingerprint density at radius 1 is 1.00 bits per heavy atom. The summed E-state index contributed by atoms with van der Waals surface area (Å²) in [5.41, 5.74) is 2.15. The van der Waals surface area contributed by atoms with Crippen LogP contribution in [0.4, 0.5) is 5.69 Å². The number of para-hydroxylation sites is 1. The first-order valence-electron chi connectivity index (χ1n) is 5.90. The normalized spacial score (nSPS) is 10.9. The van der Waals surface area contributed by atoms with E-state index < -0.39 is 17.4 Å². The molecule has 2 amide bonds. The molecule has 0 heterocycles. The first-order chi connectivity index (χ1) is 8.20. The highest BCUT2D eigenvalue weighted by molar-refractivity contribution is 6.39. The molecule has 0 aromatic heterocycles. The third kappa shape index (κ3) is 3.87. The molecule has 0 unspecified atom stereocenters. The number of carbonyl (C=O) groups is 2. The average molecular weight is 248 g/mol. The van der Waals surface area contributed by atoms with Crippen molar-refractivity contribution in [2.45, 2.75) is 40.2 Å². The Hall–Kier alpha value is -1.84. The van der Waals surface area contributed by atoms with Crippen molar-refractivity contribution < 1.29 is 9.59 Å². The quantitative estimate of drug-likeness (QED) is 0.748. The molecular formula is C14H20N2O2. The van der Waals surface area contributed by atoms with Crippen molar-refractivity contribution in [3.8, 4) is 0 Å². The zero-order valence-electron chi connectivity index (χ0n) is 11.5. The summed E-state index contributed by atoms with van der Waals surface area (Å²) in [4.78, 5) is 23.4. The lowest BCUT2D eigenvalue weighted by Crippen LogP contribution is -2.46. The number of carbonyl (C=O) groups excluding carboxylic acids is 2. The van der Waals surface area contributed by atoms with E-state index in [0.717, 1.165) is 11.1 Å². The van der Waals surface area contributed by atoms with E-state index in [-0.39, 0.29) is 0 Å². The van der Waals surface area contributed by atoms with Crippen LogP contribution in [0.5, 0.6) is 0 Å². The molecule has 0 bridgehead atoms. The predicted molar refractivity (Wildman–Crippen MR) is 72.4 cm³/mol. The number of nitrogens with one attached hydrogen (secondary N) is 2. The zero-order chi connectivity index (χ0) is 13.9. The molecule has 0 aliphatic carbocycles. The van der Waals surface area contributed by atoms with Crippen molar-refractivity contribution in [3.05, 3.63) is 29.3 Å². The lowest BCUT2D eigenvalue weighted by molar-refractivity contribution is -0.137. The summed E-state index contributed by atoms with van der Waals surface area (Å²) < 4.78 is 0. The molecular weight excluding hydrogens is 228 g/mol. The Morgan fingerprint density at radius 3 is 1.94 bits per heavy atom. The van der Waals surface area contributed by atoms with Gasteiger partial charge in [0.05, 0.1) is 0 Å². The average Bonchev–Trinajstić information content (AvgIpc) is 2.21. The summed E-state index contributed by atoms with van der Waals surface area (Å²) in [5, 5.41) is 5.28. The number of aryl methyl sites for hydroxylation is 2. The number of amides is 2. The first-order valence-corrected chi connectivity index (χ1v) is 5.90. The summed E-state index contributed by atoms with van der Waals surface area (Å²) in [7, 11) is 0. The molecule has 1 aromatic rings. The second kappa shape index (κ2) is 5.21. The number of hydrogen-bond donors (Lipinski definition) is 2. The van der Waals surface area contributed by atoms with Crippen molar-refractivity contribution in [3.63, 3.8) is 0 Å². The molecule has 0 atom stereocenters. The smallest absolute Gasteiger partial charge is 0.313 e. The van der Waals surface area contributed by atoms with Crippen molar-refractivity contribution in [2.75, 3.05) is 5.32 Å². The largest absolute Gasteiger partial charge is 0.343 e. The predicted octanol–water partition coefficient (Wildman–Crippen LogP) is 2.16. The Labute approximate surface area is 108 Å². The van der Waals surface area contributed by atoms with E-state index in [4.69, 9.17) is 0 Å². The summed E-state index contributed by atoms with van der Waals surface area (Å²) in [5.74, 6) is -1.26. The highest BCUT2D eigenvalue weighted by Crippen LogP contribution is 2.19. The molecule has 0 aliphatic heterocycles. The molecule has 0 spiro atoms. The third-order valence-electron chi connectivity index (χ3n) is 2.41. The molecule has 0 saturated heterocycles. The molecule has 1 aromatic carbocycles. The van der Waals surface area contributed by atoms with Gasteiger partial charge >= 0.3 is 11.8 Å². The molecule has 4 nitrogen and oxygen atoms in total. The van der Waals surface area contributed by atoms with E-state index in [2.05, 4.69) is 10.6 Å². The Morgan fingerprint density at radius 2 is 1.50 bits per heavy atom. The molecule has 0 aliphatic rings. The van der Waals surface area contributed by atoms with Gasteiger partial charge in [-0.15, -0.1) is 0 Å². The standard InChI is InChI=1S/C14H20N2O2/c1-9-7-6-8-10(2)11(9)15-12(17)13(18)16-14(3,4)5/h6-8H,1-5H3,(H,15,17)(H,16,18). The molecule has 98 valence electrons. The van der Waals surface area contributed by atoms with Crippen molar-refractivity contribution in [1.82, 2.24) is 5.32 Å². The van der Waals surface area contributed by atoms with Gasteiger partial charge in [0.25, 0.3) is 0 Å². The van der Waals surface area contributed by atoms with Gasteiger partial charge in [0.15, 0.2) is 0 Å². The summed E-state index contributed by atoms with van der Waals surface area (Å²) in [6.07, 6.45) is 0. The minimum absolute atomic E-state index is 0.421. The maximum atomic E-state index is 11.8. The van der Waals surface area contributed by atoms with Crippen LogP contribution < -0.4 is 10.6 Å². The third-order valence-corrected chi connectivity index (χ3v) is 2.41.